The molecule has 0 saturated heterocycles. The van der Waals surface area contributed by atoms with Gasteiger partial charge in [-0.05, 0) is 22.3 Å². The van der Waals surface area contributed by atoms with E-state index in [1.807, 2.05) is 41.5 Å². The van der Waals surface area contributed by atoms with Crippen molar-refractivity contribution >= 4 is 16.8 Å². The first-order valence-corrected chi connectivity index (χ1v) is 8.88. The minimum Gasteiger partial charge on any atom is -0.329 e. The van der Waals surface area contributed by atoms with Crippen LogP contribution in [0.4, 0.5) is 0 Å². The molecule has 0 rings (SSSR count). The van der Waals surface area contributed by atoms with Crippen molar-refractivity contribution in [3.05, 3.63) is 0 Å². The van der Waals surface area contributed by atoms with E-state index in [2.05, 4.69) is 0 Å². The van der Waals surface area contributed by atoms with Gasteiger partial charge in [0.2, 0.25) is 0 Å². The highest BCUT2D eigenvalue weighted by Crippen LogP contribution is 2.40. The van der Waals surface area contributed by atoms with Gasteiger partial charge >= 0.3 is 0 Å². The quantitative estimate of drug-likeness (QED) is 0.665. The molecule has 0 heterocycles. The lowest BCUT2D eigenvalue weighted by Gasteiger charge is -2.28. The summed E-state index contributed by atoms with van der Waals surface area (Å²) >= 11 is 0. The third-order valence-corrected chi connectivity index (χ3v) is 7.49. The van der Waals surface area contributed by atoms with Gasteiger partial charge in [-0.2, -0.15) is 0 Å². The van der Waals surface area contributed by atoms with Gasteiger partial charge in [0, 0.05) is 0 Å². The molecule has 3 N–H and O–H groups in total. The molecule has 0 amide bonds. The Labute approximate surface area is 95.7 Å². The van der Waals surface area contributed by atoms with E-state index in [4.69, 9.17) is 0 Å². The molecule has 5 heteroatoms. The van der Waals surface area contributed by atoms with Crippen LogP contribution in [0.2, 0.25) is 0 Å². The van der Waals surface area contributed by atoms with Gasteiger partial charge in [0.15, 0.2) is 0 Å². The van der Waals surface area contributed by atoms with Crippen molar-refractivity contribution < 1.29 is 14.7 Å². The predicted octanol–water partition coefficient (Wildman–Crippen LogP) is 2.35. The van der Waals surface area contributed by atoms with Crippen LogP contribution in [0.25, 0.3) is 0 Å². The Bertz CT molecular complexity index is 241. The zero-order valence-corrected chi connectivity index (χ0v) is 12.3. The highest BCUT2D eigenvalue weighted by atomic mass is 32.5. The highest BCUT2D eigenvalue weighted by molar-refractivity contribution is 8.27. The molecule has 15 heavy (non-hydrogen) atoms. The number of hydrogen-bond acceptors (Lipinski definition) is 0. The summed E-state index contributed by atoms with van der Waals surface area (Å²) in [6.45, 7) is 8.59. The fraction of sp³-hybridized carbons (Fsp3) is 1.00. The molecule has 0 aromatic heterocycles. The van der Waals surface area contributed by atoms with E-state index < -0.39 is 16.8 Å². The summed E-state index contributed by atoms with van der Waals surface area (Å²) in [5.74, 6) is 1.31. The van der Waals surface area contributed by atoms with Crippen molar-refractivity contribution in [1.82, 2.24) is 0 Å². The van der Waals surface area contributed by atoms with Gasteiger partial charge in [0.25, 0.3) is 6.72 Å². The summed E-state index contributed by atoms with van der Waals surface area (Å²) in [5.41, 5.74) is 0.0155. The maximum Gasteiger partial charge on any atom is 0.277 e. The van der Waals surface area contributed by atoms with Crippen molar-refractivity contribution in [1.29, 1.82) is 0 Å². The SMILES string of the molecule is CC(C)(C)CS(CC(C)(C)C)=P(O)(O)O. The Morgan fingerprint density at radius 1 is 0.800 bits per heavy atom. The zero-order valence-electron chi connectivity index (χ0n) is 10.6. The lowest BCUT2D eigenvalue weighted by Crippen LogP contribution is -2.25. The average Bonchev–Trinajstić information content (AvgIpc) is 1.75. The fourth-order valence-electron chi connectivity index (χ4n) is 1.22. The van der Waals surface area contributed by atoms with Crippen molar-refractivity contribution in [2.24, 2.45) is 10.8 Å². The van der Waals surface area contributed by atoms with E-state index >= 15 is 0 Å². The second-order valence-electron chi connectivity index (χ2n) is 6.39. The Kier molecular flexibility index (Phi) is 5.10. The predicted molar refractivity (Wildman–Crippen MR) is 69.6 cm³/mol. The van der Waals surface area contributed by atoms with Crippen LogP contribution in [0.15, 0.2) is 0 Å². The van der Waals surface area contributed by atoms with Gasteiger partial charge in [0.1, 0.15) is 0 Å². The van der Waals surface area contributed by atoms with Gasteiger partial charge in [-0.3, -0.25) is 0 Å². The van der Waals surface area contributed by atoms with Crippen molar-refractivity contribution in [3.8, 4) is 0 Å². The maximum atomic E-state index is 9.44. The molecular weight excluding hydrogens is 231 g/mol. The molecule has 0 radical (unpaired) electrons. The molecule has 94 valence electrons. The van der Waals surface area contributed by atoms with Crippen molar-refractivity contribution in [3.63, 3.8) is 0 Å². The Morgan fingerprint density at radius 3 is 1.20 bits per heavy atom. The van der Waals surface area contributed by atoms with Crippen LogP contribution in [-0.4, -0.2) is 26.2 Å². The molecular formula is C10H25O3PS. The molecule has 0 saturated carbocycles. The number of rotatable bonds is 2. The van der Waals surface area contributed by atoms with E-state index in [1.54, 1.807) is 0 Å². The van der Waals surface area contributed by atoms with Gasteiger partial charge in [-0.15, -0.1) is 10.1 Å². The molecule has 0 aliphatic rings. The number of hydrogen-bond donors (Lipinski definition) is 3. The van der Waals surface area contributed by atoms with Gasteiger partial charge < -0.3 is 14.7 Å². The normalized spacial score (nSPS) is 14.8. The zero-order chi connectivity index (χ0) is 12.5. The molecule has 0 aromatic rings. The molecule has 0 aromatic carbocycles. The van der Waals surface area contributed by atoms with E-state index in [9.17, 15) is 14.7 Å². The van der Waals surface area contributed by atoms with Gasteiger partial charge in [-0.1, -0.05) is 41.5 Å². The van der Waals surface area contributed by atoms with Crippen molar-refractivity contribution in [2.45, 2.75) is 41.5 Å². The van der Waals surface area contributed by atoms with Gasteiger partial charge in [-0.25, -0.2) is 0 Å². The van der Waals surface area contributed by atoms with Crippen LogP contribution in [0.3, 0.4) is 0 Å². The van der Waals surface area contributed by atoms with Crippen LogP contribution in [0.1, 0.15) is 41.5 Å². The third-order valence-electron chi connectivity index (χ3n) is 1.55. The molecule has 0 aliphatic carbocycles. The molecule has 0 fully saturated rings. The first-order chi connectivity index (χ1) is 6.31. The van der Waals surface area contributed by atoms with E-state index in [-0.39, 0.29) is 10.8 Å². The van der Waals surface area contributed by atoms with Crippen LogP contribution in [0, 0.1) is 10.8 Å². The minimum absolute atomic E-state index is 0.00774. The monoisotopic (exact) mass is 256 g/mol. The summed E-state index contributed by atoms with van der Waals surface area (Å²) in [5, 5.41) is 0. The molecule has 3 nitrogen and oxygen atoms in total. The third kappa shape index (κ3) is 8.47. The Hall–Kier alpha value is 0.660. The second kappa shape index (κ2) is 4.89. The van der Waals surface area contributed by atoms with Crippen molar-refractivity contribution in [2.75, 3.05) is 11.5 Å². The average molecular weight is 256 g/mol. The van der Waals surface area contributed by atoms with E-state index in [1.165, 1.54) is 0 Å². The summed E-state index contributed by atoms with van der Waals surface area (Å²) in [6.07, 6.45) is 0. The van der Waals surface area contributed by atoms with E-state index in [0.717, 1.165) is 0 Å². The smallest absolute Gasteiger partial charge is 0.277 e. The maximum absolute atomic E-state index is 9.44. The van der Waals surface area contributed by atoms with Gasteiger partial charge in [0.05, 0.1) is 0 Å². The molecule has 0 unspecified atom stereocenters. The lowest BCUT2D eigenvalue weighted by molar-refractivity contribution is 0.361. The molecule has 0 bridgehead atoms. The standard InChI is InChI=1S/C10H25O3PS/c1-9(2,3)7-15(14(11,12)13)8-10(4,5)6/h11-13H,7-8H2,1-6H3. The van der Waals surface area contributed by atoms with Crippen LogP contribution in [0.5, 0.6) is 0 Å². The highest BCUT2D eigenvalue weighted by Gasteiger charge is 2.24. The molecule has 0 spiro atoms. The minimum atomic E-state index is -3.69. The first-order valence-electron chi connectivity index (χ1n) is 5.07. The Balaban J connectivity index is 4.98. The fourth-order valence-corrected chi connectivity index (χ4v) is 7.03. The van der Waals surface area contributed by atoms with Crippen LogP contribution >= 0.6 is 6.72 Å². The first kappa shape index (κ1) is 15.7. The summed E-state index contributed by atoms with van der Waals surface area (Å²) < 4.78 is 0. The molecule has 0 atom stereocenters. The van der Waals surface area contributed by atoms with Crippen LogP contribution in [-0.2, 0) is 10.1 Å². The Morgan fingerprint density at radius 2 is 1.07 bits per heavy atom. The van der Waals surface area contributed by atoms with E-state index in [0.29, 0.717) is 11.5 Å². The second-order valence-corrected chi connectivity index (χ2v) is 11.9. The summed E-state index contributed by atoms with van der Waals surface area (Å²) in [4.78, 5) is 28.3. The summed E-state index contributed by atoms with van der Waals surface area (Å²) in [7, 11) is -0.703. The van der Waals surface area contributed by atoms with Crippen LogP contribution < -0.4 is 0 Å². The summed E-state index contributed by atoms with van der Waals surface area (Å²) in [6, 6.07) is 0. The topological polar surface area (TPSA) is 60.7 Å². The lowest BCUT2D eigenvalue weighted by atomic mass is 10.0. The largest absolute Gasteiger partial charge is 0.329 e. The molecule has 0 aliphatic heterocycles.